The smallest absolute Gasteiger partial charge is 0.256 e. The van der Waals surface area contributed by atoms with E-state index < -0.39 is 6.04 Å². The molecule has 1 saturated heterocycles. The lowest BCUT2D eigenvalue weighted by atomic mass is 10.2. The van der Waals surface area contributed by atoms with Gasteiger partial charge in [0.05, 0.1) is 32.9 Å². The van der Waals surface area contributed by atoms with E-state index in [4.69, 9.17) is 34.8 Å². The Labute approximate surface area is 147 Å². The molecule has 1 fully saturated rings. The maximum absolute atomic E-state index is 12.6. The number of imide groups is 1. The molecule has 1 aliphatic rings. The largest absolute Gasteiger partial charge is 0.372 e. The molecule has 0 radical (unpaired) electrons. The fourth-order valence-electron chi connectivity index (χ4n) is 2.41. The molecule has 0 spiro atoms. The van der Waals surface area contributed by atoms with Crippen molar-refractivity contribution in [3.63, 3.8) is 0 Å². The third-order valence-corrected chi connectivity index (χ3v) is 4.58. The first-order chi connectivity index (χ1) is 11.0. The van der Waals surface area contributed by atoms with Crippen molar-refractivity contribution in [1.29, 1.82) is 0 Å². The topological polar surface area (TPSA) is 49.4 Å². The van der Waals surface area contributed by atoms with E-state index in [9.17, 15) is 9.59 Å². The first-order valence-corrected chi connectivity index (χ1v) is 7.93. The summed E-state index contributed by atoms with van der Waals surface area (Å²) in [6.07, 6.45) is 0.0459. The normalized spacial score (nSPS) is 17.7. The van der Waals surface area contributed by atoms with Gasteiger partial charge in [0, 0.05) is 0 Å². The van der Waals surface area contributed by atoms with Crippen LogP contribution in [0.15, 0.2) is 42.5 Å². The first-order valence-electron chi connectivity index (χ1n) is 6.80. The summed E-state index contributed by atoms with van der Waals surface area (Å²) in [6, 6.07) is 11.0. The summed E-state index contributed by atoms with van der Waals surface area (Å²) in [7, 11) is 0. The van der Waals surface area contributed by atoms with Gasteiger partial charge >= 0.3 is 0 Å². The van der Waals surface area contributed by atoms with E-state index >= 15 is 0 Å². The van der Waals surface area contributed by atoms with Gasteiger partial charge in [-0.05, 0) is 30.3 Å². The predicted molar refractivity (Wildman–Crippen MR) is 92.4 cm³/mol. The van der Waals surface area contributed by atoms with Gasteiger partial charge in [0.15, 0.2) is 0 Å². The van der Waals surface area contributed by atoms with Crippen molar-refractivity contribution in [1.82, 2.24) is 0 Å². The number of nitrogens with one attached hydrogen (secondary N) is 1. The minimum atomic E-state index is -0.670. The van der Waals surface area contributed by atoms with Gasteiger partial charge in [0.25, 0.3) is 5.91 Å². The second kappa shape index (κ2) is 6.40. The zero-order valence-corrected chi connectivity index (χ0v) is 14.0. The quantitative estimate of drug-likeness (QED) is 0.816. The van der Waals surface area contributed by atoms with Crippen LogP contribution in [0.5, 0.6) is 0 Å². The third kappa shape index (κ3) is 3.15. The van der Waals surface area contributed by atoms with Crippen LogP contribution in [0.25, 0.3) is 0 Å². The summed E-state index contributed by atoms with van der Waals surface area (Å²) in [5, 5.41) is 4.14. The molecule has 7 heteroatoms. The standard InChI is InChI=1S/C16H11Cl3N2O2/c17-10-6-5-9(7-12(10)19)21-15(22)8-14(16(21)23)20-13-4-2-1-3-11(13)18/h1-7,14,20H,8H2/t14-/m1/s1. The van der Waals surface area contributed by atoms with Gasteiger partial charge in [-0.25, -0.2) is 4.90 Å². The molecule has 0 aromatic heterocycles. The molecule has 1 heterocycles. The van der Waals surface area contributed by atoms with Gasteiger partial charge in [0.1, 0.15) is 6.04 Å². The summed E-state index contributed by atoms with van der Waals surface area (Å²) in [5.74, 6) is -0.661. The summed E-state index contributed by atoms with van der Waals surface area (Å²) >= 11 is 17.9. The third-order valence-electron chi connectivity index (χ3n) is 3.51. The molecule has 2 aromatic carbocycles. The molecule has 2 aromatic rings. The molecule has 1 atom stereocenters. The predicted octanol–water partition coefficient (Wildman–Crippen LogP) is 4.39. The Kier molecular flexibility index (Phi) is 4.48. The van der Waals surface area contributed by atoms with E-state index in [1.165, 1.54) is 6.07 Å². The average molecular weight is 370 g/mol. The van der Waals surface area contributed by atoms with Crippen LogP contribution in [0.1, 0.15) is 6.42 Å². The van der Waals surface area contributed by atoms with E-state index in [0.717, 1.165) is 4.90 Å². The molecule has 0 bridgehead atoms. The number of benzene rings is 2. The van der Waals surface area contributed by atoms with Crippen LogP contribution in [-0.4, -0.2) is 17.9 Å². The number of amides is 2. The van der Waals surface area contributed by atoms with Gasteiger partial charge in [-0.1, -0.05) is 46.9 Å². The van der Waals surface area contributed by atoms with Gasteiger partial charge in [-0.15, -0.1) is 0 Å². The number of para-hydroxylation sites is 1. The molecular weight excluding hydrogens is 359 g/mol. The van der Waals surface area contributed by atoms with Gasteiger partial charge < -0.3 is 5.32 Å². The summed E-state index contributed by atoms with van der Waals surface area (Å²) in [4.78, 5) is 25.9. The SMILES string of the molecule is O=C1C[C@@H](Nc2ccccc2Cl)C(=O)N1c1ccc(Cl)c(Cl)c1. The highest BCUT2D eigenvalue weighted by molar-refractivity contribution is 6.42. The van der Waals surface area contributed by atoms with E-state index in [1.807, 2.05) is 0 Å². The number of carbonyl (C=O) groups is 2. The molecule has 118 valence electrons. The fraction of sp³-hybridized carbons (Fsp3) is 0.125. The number of nitrogens with zero attached hydrogens (tertiary/aromatic N) is 1. The first kappa shape index (κ1) is 16.1. The molecule has 1 aliphatic heterocycles. The number of rotatable bonds is 3. The Bertz CT molecular complexity index is 795. The zero-order valence-electron chi connectivity index (χ0n) is 11.7. The molecule has 0 saturated carbocycles. The highest BCUT2D eigenvalue weighted by atomic mass is 35.5. The Morgan fingerprint density at radius 3 is 2.39 bits per heavy atom. The summed E-state index contributed by atoms with van der Waals surface area (Å²) < 4.78 is 0. The van der Waals surface area contributed by atoms with Crippen LogP contribution < -0.4 is 10.2 Å². The molecule has 0 aliphatic carbocycles. The highest BCUT2D eigenvalue weighted by Gasteiger charge is 2.39. The van der Waals surface area contributed by atoms with Crippen LogP contribution >= 0.6 is 34.8 Å². The Morgan fingerprint density at radius 1 is 0.957 bits per heavy atom. The van der Waals surface area contributed by atoms with Crippen LogP contribution in [0.2, 0.25) is 15.1 Å². The fourth-order valence-corrected chi connectivity index (χ4v) is 2.89. The van der Waals surface area contributed by atoms with Crippen molar-refractivity contribution in [2.75, 3.05) is 10.2 Å². The number of hydrogen-bond acceptors (Lipinski definition) is 3. The molecule has 3 rings (SSSR count). The minimum Gasteiger partial charge on any atom is -0.372 e. The monoisotopic (exact) mass is 368 g/mol. The van der Waals surface area contributed by atoms with Crippen LogP contribution in [0.4, 0.5) is 11.4 Å². The summed E-state index contributed by atoms with van der Waals surface area (Å²) in [6.45, 7) is 0. The van der Waals surface area contributed by atoms with E-state index in [0.29, 0.717) is 21.4 Å². The van der Waals surface area contributed by atoms with Crippen molar-refractivity contribution in [3.05, 3.63) is 57.5 Å². The Hall–Kier alpha value is -1.75. The van der Waals surface area contributed by atoms with Crippen molar-refractivity contribution < 1.29 is 9.59 Å². The maximum atomic E-state index is 12.6. The minimum absolute atomic E-state index is 0.0459. The van der Waals surface area contributed by atoms with E-state index in [-0.39, 0.29) is 23.3 Å². The molecule has 1 N–H and O–H groups in total. The Morgan fingerprint density at radius 2 is 1.70 bits per heavy atom. The van der Waals surface area contributed by atoms with E-state index in [2.05, 4.69) is 5.32 Å². The molecule has 4 nitrogen and oxygen atoms in total. The lowest BCUT2D eigenvalue weighted by Crippen LogP contribution is -2.34. The average Bonchev–Trinajstić information content (AvgIpc) is 2.79. The van der Waals surface area contributed by atoms with Crippen LogP contribution in [0.3, 0.4) is 0 Å². The van der Waals surface area contributed by atoms with Crippen molar-refractivity contribution >= 4 is 58.0 Å². The molecular formula is C16H11Cl3N2O2. The van der Waals surface area contributed by atoms with Gasteiger partial charge in [-0.2, -0.15) is 0 Å². The lowest BCUT2D eigenvalue weighted by molar-refractivity contribution is -0.121. The van der Waals surface area contributed by atoms with Gasteiger partial charge in [0.2, 0.25) is 5.91 Å². The van der Waals surface area contributed by atoms with Gasteiger partial charge in [-0.3, -0.25) is 9.59 Å². The highest BCUT2D eigenvalue weighted by Crippen LogP contribution is 2.31. The number of carbonyl (C=O) groups excluding carboxylic acids is 2. The Balaban J connectivity index is 1.85. The van der Waals surface area contributed by atoms with Crippen LogP contribution in [-0.2, 0) is 9.59 Å². The van der Waals surface area contributed by atoms with Crippen molar-refractivity contribution in [2.24, 2.45) is 0 Å². The van der Waals surface area contributed by atoms with E-state index in [1.54, 1.807) is 36.4 Å². The second-order valence-corrected chi connectivity index (χ2v) is 6.27. The number of hydrogen-bond donors (Lipinski definition) is 1. The molecule has 23 heavy (non-hydrogen) atoms. The number of anilines is 2. The summed E-state index contributed by atoms with van der Waals surface area (Å²) in [5.41, 5.74) is 1.01. The van der Waals surface area contributed by atoms with Crippen molar-refractivity contribution in [3.8, 4) is 0 Å². The van der Waals surface area contributed by atoms with Crippen LogP contribution in [0, 0.1) is 0 Å². The lowest BCUT2D eigenvalue weighted by Gasteiger charge is -2.17. The van der Waals surface area contributed by atoms with Crippen molar-refractivity contribution in [2.45, 2.75) is 12.5 Å². The zero-order chi connectivity index (χ0) is 16.6. The number of halogens is 3. The maximum Gasteiger partial charge on any atom is 0.256 e. The second-order valence-electron chi connectivity index (χ2n) is 5.05. The molecule has 0 unspecified atom stereocenters. The molecule has 2 amide bonds.